The molecule has 0 radical (unpaired) electrons. The molecule has 1 atom stereocenters. The predicted octanol–water partition coefficient (Wildman–Crippen LogP) is 3.07. The van der Waals surface area contributed by atoms with Crippen molar-refractivity contribution >= 4 is 11.8 Å². The minimum absolute atomic E-state index is 0.0227. The molecule has 0 aromatic carbocycles. The van der Waals surface area contributed by atoms with Gasteiger partial charge in [-0.15, -0.1) is 0 Å². The Morgan fingerprint density at radius 3 is 3.00 bits per heavy atom. The van der Waals surface area contributed by atoms with Gasteiger partial charge < -0.3 is 9.64 Å². The van der Waals surface area contributed by atoms with Crippen LogP contribution in [0.2, 0.25) is 0 Å². The van der Waals surface area contributed by atoms with Crippen molar-refractivity contribution in [1.29, 1.82) is 0 Å². The number of ether oxygens (including phenoxy) is 1. The number of carbonyl (C=O) groups is 1. The summed E-state index contributed by atoms with van der Waals surface area (Å²) in [5, 5.41) is 7.10. The normalized spacial score (nSPS) is 17.6. The standard InChI is InChI=1S/C17H22FN5O2/c1-12(2)23-10-7-15(21-23)20-17(24)22-9-4-5-13(11-22)25-16-14(18)6-3-8-19-16/h3,6-8,10,12-13H,4-5,9,11H2,1-2H3,(H,20,21,24)/t13-/m0/s1. The van der Waals surface area contributed by atoms with Crippen LogP contribution in [0.25, 0.3) is 0 Å². The van der Waals surface area contributed by atoms with Gasteiger partial charge in [0.15, 0.2) is 11.6 Å². The second kappa shape index (κ2) is 7.50. The Morgan fingerprint density at radius 2 is 2.28 bits per heavy atom. The minimum atomic E-state index is -0.497. The van der Waals surface area contributed by atoms with Crippen molar-refractivity contribution in [2.45, 2.75) is 38.8 Å². The molecule has 0 bridgehead atoms. The molecule has 2 aromatic heterocycles. The molecular weight excluding hydrogens is 325 g/mol. The van der Waals surface area contributed by atoms with E-state index in [9.17, 15) is 9.18 Å². The summed E-state index contributed by atoms with van der Waals surface area (Å²) in [4.78, 5) is 18.0. The van der Waals surface area contributed by atoms with Gasteiger partial charge in [0.25, 0.3) is 5.88 Å². The van der Waals surface area contributed by atoms with Crippen molar-refractivity contribution in [1.82, 2.24) is 19.7 Å². The number of anilines is 1. The number of piperidine rings is 1. The molecule has 134 valence electrons. The van der Waals surface area contributed by atoms with E-state index in [1.165, 1.54) is 18.3 Å². The van der Waals surface area contributed by atoms with Crippen molar-refractivity contribution in [3.8, 4) is 5.88 Å². The first-order valence-corrected chi connectivity index (χ1v) is 8.41. The molecule has 25 heavy (non-hydrogen) atoms. The second-order valence-corrected chi connectivity index (χ2v) is 6.32. The molecule has 0 unspecified atom stereocenters. The fourth-order valence-corrected chi connectivity index (χ4v) is 2.72. The first-order valence-electron chi connectivity index (χ1n) is 8.41. The van der Waals surface area contributed by atoms with Gasteiger partial charge in [0.1, 0.15) is 6.10 Å². The fraction of sp³-hybridized carbons (Fsp3) is 0.471. The van der Waals surface area contributed by atoms with Gasteiger partial charge in [-0.2, -0.15) is 5.10 Å². The van der Waals surface area contributed by atoms with Gasteiger partial charge in [-0.05, 0) is 38.8 Å². The van der Waals surface area contributed by atoms with Crippen LogP contribution in [-0.2, 0) is 0 Å². The van der Waals surface area contributed by atoms with E-state index in [0.29, 0.717) is 18.9 Å². The molecule has 1 aliphatic rings. The topological polar surface area (TPSA) is 72.3 Å². The molecule has 0 saturated carbocycles. The van der Waals surface area contributed by atoms with Gasteiger partial charge in [0, 0.05) is 31.0 Å². The third kappa shape index (κ3) is 4.26. The zero-order valence-corrected chi connectivity index (χ0v) is 14.4. The molecular formula is C17H22FN5O2. The third-order valence-corrected chi connectivity index (χ3v) is 4.04. The quantitative estimate of drug-likeness (QED) is 0.922. The van der Waals surface area contributed by atoms with Crippen LogP contribution in [0, 0.1) is 5.82 Å². The highest BCUT2D eigenvalue weighted by atomic mass is 19.1. The number of likely N-dealkylation sites (tertiary alicyclic amines) is 1. The van der Waals surface area contributed by atoms with Crippen molar-refractivity contribution in [3.63, 3.8) is 0 Å². The molecule has 1 fully saturated rings. The van der Waals surface area contributed by atoms with Crippen molar-refractivity contribution in [2.24, 2.45) is 0 Å². The first-order chi connectivity index (χ1) is 12.0. The van der Waals surface area contributed by atoms with Crippen LogP contribution in [0.3, 0.4) is 0 Å². The highest BCUT2D eigenvalue weighted by molar-refractivity contribution is 5.88. The van der Waals surface area contributed by atoms with E-state index in [1.807, 2.05) is 20.0 Å². The van der Waals surface area contributed by atoms with E-state index in [0.717, 1.165) is 12.8 Å². The molecule has 2 aromatic rings. The number of amides is 2. The number of aromatic nitrogens is 3. The molecule has 1 saturated heterocycles. The Hall–Kier alpha value is -2.64. The molecule has 0 spiro atoms. The Balaban J connectivity index is 1.58. The summed E-state index contributed by atoms with van der Waals surface area (Å²) in [6.45, 7) is 5.04. The largest absolute Gasteiger partial charge is 0.470 e. The number of carbonyl (C=O) groups excluding carboxylic acids is 1. The van der Waals surface area contributed by atoms with Crippen LogP contribution >= 0.6 is 0 Å². The summed E-state index contributed by atoms with van der Waals surface area (Å²) in [6, 6.07) is 4.58. The van der Waals surface area contributed by atoms with Gasteiger partial charge in [-0.1, -0.05) is 0 Å². The maximum Gasteiger partial charge on any atom is 0.323 e. The Labute approximate surface area is 145 Å². The lowest BCUT2D eigenvalue weighted by Gasteiger charge is -2.32. The minimum Gasteiger partial charge on any atom is -0.470 e. The molecule has 2 amide bonds. The third-order valence-electron chi connectivity index (χ3n) is 4.04. The molecule has 8 heteroatoms. The summed E-state index contributed by atoms with van der Waals surface area (Å²) in [7, 11) is 0. The van der Waals surface area contributed by atoms with E-state index in [2.05, 4.69) is 15.4 Å². The fourth-order valence-electron chi connectivity index (χ4n) is 2.72. The van der Waals surface area contributed by atoms with Crippen molar-refractivity contribution < 1.29 is 13.9 Å². The van der Waals surface area contributed by atoms with E-state index in [-0.39, 0.29) is 24.1 Å². The first kappa shape index (κ1) is 17.2. The number of nitrogens with zero attached hydrogens (tertiary/aromatic N) is 4. The maximum atomic E-state index is 13.7. The lowest BCUT2D eigenvalue weighted by molar-refractivity contribution is 0.0986. The van der Waals surface area contributed by atoms with Gasteiger partial charge in [0.2, 0.25) is 0 Å². The number of halogens is 1. The van der Waals surface area contributed by atoms with E-state index < -0.39 is 5.82 Å². The number of rotatable bonds is 4. The monoisotopic (exact) mass is 347 g/mol. The summed E-state index contributed by atoms with van der Waals surface area (Å²) in [5.74, 6) is -0.00810. The zero-order chi connectivity index (χ0) is 17.8. The van der Waals surface area contributed by atoms with E-state index >= 15 is 0 Å². The Morgan fingerprint density at radius 1 is 1.44 bits per heavy atom. The second-order valence-electron chi connectivity index (χ2n) is 6.32. The zero-order valence-electron chi connectivity index (χ0n) is 14.4. The van der Waals surface area contributed by atoms with Gasteiger partial charge in [-0.3, -0.25) is 10.00 Å². The van der Waals surface area contributed by atoms with Crippen LogP contribution in [0.15, 0.2) is 30.6 Å². The molecule has 1 N–H and O–H groups in total. The molecule has 0 aliphatic carbocycles. The Bertz CT molecular complexity index is 733. The predicted molar refractivity (Wildman–Crippen MR) is 91.0 cm³/mol. The van der Waals surface area contributed by atoms with E-state index in [1.54, 1.807) is 15.6 Å². The lowest BCUT2D eigenvalue weighted by atomic mass is 10.1. The summed E-state index contributed by atoms with van der Waals surface area (Å²) < 4.78 is 21.1. The van der Waals surface area contributed by atoms with Crippen LogP contribution in [-0.4, -0.2) is 44.9 Å². The van der Waals surface area contributed by atoms with Crippen LogP contribution in [0.1, 0.15) is 32.7 Å². The van der Waals surface area contributed by atoms with Gasteiger partial charge in [0.05, 0.1) is 6.54 Å². The molecule has 3 rings (SSSR count). The number of urea groups is 1. The lowest BCUT2D eigenvalue weighted by Crippen LogP contribution is -2.46. The van der Waals surface area contributed by atoms with Crippen LogP contribution in [0.4, 0.5) is 15.0 Å². The summed E-state index contributed by atoms with van der Waals surface area (Å²) in [6.07, 6.45) is 4.56. The molecule has 7 nitrogen and oxygen atoms in total. The van der Waals surface area contributed by atoms with Crippen LogP contribution < -0.4 is 10.1 Å². The highest BCUT2D eigenvalue weighted by Gasteiger charge is 2.26. The number of pyridine rings is 1. The summed E-state index contributed by atoms with van der Waals surface area (Å²) >= 11 is 0. The SMILES string of the molecule is CC(C)n1ccc(NC(=O)N2CCC[C@H](Oc3ncccc3F)C2)n1. The van der Waals surface area contributed by atoms with Gasteiger partial charge in [-0.25, -0.2) is 14.2 Å². The average Bonchev–Trinajstić information content (AvgIpc) is 3.06. The highest BCUT2D eigenvalue weighted by Crippen LogP contribution is 2.19. The smallest absolute Gasteiger partial charge is 0.323 e. The van der Waals surface area contributed by atoms with E-state index in [4.69, 9.17) is 4.74 Å². The average molecular weight is 347 g/mol. The van der Waals surface area contributed by atoms with Crippen LogP contribution in [0.5, 0.6) is 5.88 Å². The molecule has 1 aliphatic heterocycles. The van der Waals surface area contributed by atoms with Crippen molar-refractivity contribution in [3.05, 3.63) is 36.4 Å². The van der Waals surface area contributed by atoms with Gasteiger partial charge >= 0.3 is 6.03 Å². The number of hydrogen-bond donors (Lipinski definition) is 1. The maximum absolute atomic E-state index is 13.7. The number of hydrogen-bond acceptors (Lipinski definition) is 4. The number of nitrogens with one attached hydrogen (secondary N) is 1. The van der Waals surface area contributed by atoms with Crippen molar-refractivity contribution in [2.75, 3.05) is 18.4 Å². The Kier molecular flexibility index (Phi) is 5.16. The summed E-state index contributed by atoms with van der Waals surface area (Å²) in [5.41, 5.74) is 0. The molecule has 3 heterocycles.